The van der Waals surface area contributed by atoms with Crippen LogP contribution in [0.5, 0.6) is 0 Å². The summed E-state index contributed by atoms with van der Waals surface area (Å²) in [5.41, 5.74) is 1.01. The third-order valence-electron chi connectivity index (χ3n) is 4.65. The molecule has 3 rings (SSSR count). The predicted molar refractivity (Wildman–Crippen MR) is 124 cm³/mol. The minimum Gasteiger partial charge on any atom is -0.377 e. The summed E-state index contributed by atoms with van der Waals surface area (Å²) >= 11 is 0. The van der Waals surface area contributed by atoms with Gasteiger partial charge in [0.2, 0.25) is 10.0 Å². The maximum absolute atomic E-state index is 12.8. The quantitative estimate of drug-likeness (QED) is 0.271. The van der Waals surface area contributed by atoms with Crippen molar-refractivity contribution in [2.45, 2.75) is 4.90 Å². The highest BCUT2D eigenvalue weighted by Crippen LogP contribution is 2.30. The summed E-state index contributed by atoms with van der Waals surface area (Å²) in [7, 11) is -0.0416. The van der Waals surface area contributed by atoms with Gasteiger partial charge in [-0.2, -0.15) is 0 Å². The SMILES string of the molecule is CN(C)c1cccc2c(S(=O)(=O)NCCNC(=O)Nc3cccc([N+](=O)[O-])c3)cccc12. The van der Waals surface area contributed by atoms with E-state index in [2.05, 4.69) is 15.4 Å². The molecule has 32 heavy (non-hydrogen) atoms. The lowest BCUT2D eigenvalue weighted by Gasteiger charge is -2.17. The van der Waals surface area contributed by atoms with Crippen LogP contribution in [0, 0.1) is 10.1 Å². The van der Waals surface area contributed by atoms with Gasteiger partial charge in [0.1, 0.15) is 0 Å². The summed E-state index contributed by atoms with van der Waals surface area (Å²) in [6.07, 6.45) is 0. The van der Waals surface area contributed by atoms with E-state index >= 15 is 0 Å². The Labute approximate surface area is 185 Å². The van der Waals surface area contributed by atoms with Crippen molar-refractivity contribution in [3.63, 3.8) is 0 Å². The van der Waals surface area contributed by atoms with Gasteiger partial charge in [-0.1, -0.05) is 30.3 Å². The van der Waals surface area contributed by atoms with Gasteiger partial charge in [-0.15, -0.1) is 0 Å². The second-order valence-electron chi connectivity index (χ2n) is 7.11. The number of fused-ring (bicyclic) bond motifs is 1. The van der Waals surface area contributed by atoms with E-state index in [4.69, 9.17) is 0 Å². The summed E-state index contributed by atoms with van der Waals surface area (Å²) < 4.78 is 28.2. The molecule has 0 aliphatic carbocycles. The van der Waals surface area contributed by atoms with E-state index in [0.29, 0.717) is 5.39 Å². The highest BCUT2D eigenvalue weighted by atomic mass is 32.2. The number of nitro groups is 1. The monoisotopic (exact) mass is 457 g/mol. The number of non-ortho nitro benzene ring substituents is 1. The van der Waals surface area contributed by atoms with Crippen LogP contribution in [-0.2, 0) is 10.0 Å². The molecule has 3 aromatic carbocycles. The van der Waals surface area contributed by atoms with E-state index in [9.17, 15) is 23.3 Å². The Morgan fingerprint density at radius 3 is 2.41 bits per heavy atom. The molecular formula is C21H23N5O5S. The molecular weight excluding hydrogens is 434 g/mol. The van der Waals surface area contributed by atoms with Crippen molar-refractivity contribution in [1.82, 2.24) is 10.0 Å². The van der Waals surface area contributed by atoms with Crippen LogP contribution in [0.4, 0.5) is 21.9 Å². The van der Waals surface area contributed by atoms with Crippen LogP contribution in [0.15, 0.2) is 65.6 Å². The second kappa shape index (κ2) is 9.62. The minimum atomic E-state index is -3.82. The van der Waals surface area contributed by atoms with Crippen LogP contribution in [0.25, 0.3) is 10.8 Å². The van der Waals surface area contributed by atoms with Crippen molar-refractivity contribution in [3.05, 3.63) is 70.8 Å². The van der Waals surface area contributed by atoms with Crippen LogP contribution in [0.3, 0.4) is 0 Å². The molecule has 0 aliphatic heterocycles. The van der Waals surface area contributed by atoms with Crippen LogP contribution in [0.1, 0.15) is 0 Å². The zero-order chi connectivity index (χ0) is 23.3. The number of urea groups is 1. The number of benzene rings is 3. The fourth-order valence-electron chi connectivity index (χ4n) is 3.20. The molecule has 0 saturated carbocycles. The van der Waals surface area contributed by atoms with Gasteiger partial charge in [-0.25, -0.2) is 17.9 Å². The van der Waals surface area contributed by atoms with Gasteiger partial charge >= 0.3 is 6.03 Å². The number of anilines is 2. The Morgan fingerprint density at radius 1 is 1.00 bits per heavy atom. The average molecular weight is 458 g/mol. The van der Waals surface area contributed by atoms with E-state index in [0.717, 1.165) is 11.1 Å². The number of rotatable bonds is 8. The first kappa shape index (κ1) is 23.0. The maximum Gasteiger partial charge on any atom is 0.319 e. The van der Waals surface area contributed by atoms with Crippen LogP contribution in [-0.4, -0.2) is 46.6 Å². The second-order valence-corrected chi connectivity index (χ2v) is 8.84. The Kier molecular flexibility index (Phi) is 6.91. The van der Waals surface area contributed by atoms with Crippen molar-refractivity contribution in [3.8, 4) is 0 Å². The van der Waals surface area contributed by atoms with Crippen LogP contribution < -0.4 is 20.3 Å². The summed E-state index contributed by atoms with van der Waals surface area (Å²) in [6.45, 7) is -0.0118. The maximum atomic E-state index is 12.8. The predicted octanol–water partition coefficient (Wildman–Crippen LogP) is 2.91. The molecule has 0 fully saturated rings. The number of carbonyl (C=O) groups excluding carboxylic acids is 1. The first-order valence-corrected chi connectivity index (χ1v) is 11.2. The highest BCUT2D eigenvalue weighted by Gasteiger charge is 2.18. The molecule has 0 aromatic heterocycles. The molecule has 0 aliphatic rings. The molecule has 10 nitrogen and oxygen atoms in total. The van der Waals surface area contributed by atoms with E-state index in [-0.39, 0.29) is 29.4 Å². The number of hydrogen-bond acceptors (Lipinski definition) is 6. The van der Waals surface area contributed by atoms with Crippen LogP contribution >= 0.6 is 0 Å². The summed E-state index contributed by atoms with van der Waals surface area (Å²) in [4.78, 5) is 24.3. The number of sulfonamides is 1. The smallest absolute Gasteiger partial charge is 0.319 e. The number of nitro benzene ring substituents is 1. The minimum absolute atomic E-state index is 0.0215. The number of nitrogens with zero attached hydrogens (tertiary/aromatic N) is 2. The number of carbonyl (C=O) groups is 1. The Balaban J connectivity index is 1.61. The van der Waals surface area contributed by atoms with Gasteiger partial charge in [-0.3, -0.25) is 10.1 Å². The molecule has 0 spiro atoms. The lowest BCUT2D eigenvalue weighted by molar-refractivity contribution is -0.384. The van der Waals surface area contributed by atoms with Gasteiger partial charge in [0.25, 0.3) is 5.69 Å². The highest BCUT2D eigenvalue weighted by molar-refractivity contribution is 7.89. The Bertz CT molecular complexity index is 1260. The van der Waals surface area contributed by atoms with Gasteiger partial charge in [0, 0.05) is 61.5 Å². The molecule has 2 amide bonds. The summed E-state index contributed by atoms with van der Waals surface area (Å²) in [5.74, 6) is 0. The number of nitrogens with one attached hydrogen (secondary N) is 3. The largest absolute Gasteiger partial charge is 0.377 e. The van der Waals surface area contributed by atoms with Crippen molar-refractivity contribution in [2.75, 3.05) is 37.4 Å². The molecule has 3 N–H and O–H groups in total. The van der Waals surface area contributed by atoms with E-state index < -0.39 is 21.0 Å². The topological polar surface area (TPSA) is 134 Å². The molecule has 0 saturated heterocycles. The van der Waals surface area contributed by atoms with Gasteiger partial charge in [-0.05, 0) is 18.2 Å². The fraction of sp³-hybridized carbons (Fsp3) is 0.190. The Hall–Kier alpha value is -3.70. The molecule has 168 valence electrons. The average Bonchev–Trinajstić information content (AvgIpc) is 2.76. The zero-order valence-electron chi connectivity index (χ0n) is 17.5. The van der Waals surface area contributed by atoms with Gasteiger partial charge < -0.3 is 15.5 Å². The molecule has 0 unspecified atom stereocenters. The van der Waals surface area contributed by atoms with E-state index in [1.165, 1.54) is 30.3 Å². The normalized spacial score (nSPS) is 11.2. The first-order valence-electron chi connectivity index (χ1n) is 9.67. The van der Waals surface area contributed by atoms with Gasteiger partial charge in [0.15, 0.2) is 0 Å². The lowest BCUT2D eigenvalue weighted by atomic mass is 10.1. The fourth-order valence-corrected chi connectivity index (χ4v) is 4.45. The standard InChI is InChI=1S/C21H23N5O5S/c1-25(2)19-10-4-9-18-17(19)8-5-11-20(18)32(30,31)23-13-12-22-21(27)24-15-6-3-7-16(14-15)26(28)29/h3-11,14,23H,12-13H2,1-2H3,(H2,22,24,27). The molecule has 0 radical (unpaired) electrons. The first-order chi connectivity index (χ1) is 15.2. The summed E-state index contributed by atoms with van der Waals surface area (Å²) in [6, 6.07) is 15.5. The lowest BCUT2D eigenvalue weighted by Crippen LogP contribution is -2.36. The Morgan fingerprint density at radius 2 is 1.69 bits per heavy atom. The third kappa shape index (κ3) is 5.31. The molecule has 0 bridgehead atoms. The molecule has 11 heteroatoms. The van der Waals surface area contributed by atoms with Crippen molar-refractivity contribution in [1.29, 1.82) is 0 Å². The van der Waals surface area contributed by atoms with Crippen molar-refractivity contribution < 1.29 is 18.1 Å². The van der Waals surface area contributed by atoms with Crippen molar-refractivity contribution >= 4 is 43.9 Å². The number of hydrogen-bond donors (Lipinski definition) is 3. The third-order valence-corrected chi connectivity index (χ3v) is 6.17. The molecule has 0 atom stereocenters. The van der Waals surface area contributed by atoms with Crippen LogP contribution in [0.2, 0.25) is 0 Å². The van der Waals surface area contributed by atoms with E-state index in [1.54, 1.807) is 18.2 Å². The van der Waals surface area contributed by atoms with Gasteiger partial charge in [0.05, 0.1) is 9.82 Å². The van der Waals surface area contributed by atoms with Crippen molar-refractivity contribution in [2.24, 2.45) is 0 Å². The zero-order valence-corrected chi connectivity index (χ0v) is 18.3. The van der Waals surface area contributed by atoms with E-state index in [1.807, 2.05) is 31.1 Å². The summed E-state index contributed by atoms with van der Waals surface area (Å²) in [5, 5.41) is 17.2. The number of amides is 2. The molecule has 3 aromatic rings. The molecule has 0 heterocycles.